The minimum absolute atomic E-state index is 0.219. The summed E-state index contributed by atoms with van der Waals surface area (Å²) >= 11 is 0. The maximum Gasteiger partial charge on any atom is 0.243 e. The third-order valence-electron chi connectivity index (χ3n) is 2.65. The number of nitrogens with zero attached hydrogens (tertiary/aromatic N) is 2. The summed E-state index contributed by atoms with van der Waals surface area (Å²) in [6, 6.07) is 6.13. The lowest BCUT2D eigenvalue weighted by atomic mass is 10.1. The third kappa shape index (κ3) is 3.13. The first kappa shape index (κ1) is 12.7. The van der Waals surface area contributed by atoms with Crippen LogP contribution in [0.4, 0.5) is 4.39 Å². The molecule has 96 valence electrons. The lowest BCUT2D eigenvalue weighted by molar-refractivity contribution is 0.345. The fraction of sp³-hybridized carbons (Fsp3) is 0.385. The number of aromatic nitrogens is 2. The molecule has 2 rings (SSSR count). The molecule has 0 aliphatic carbocycles. The molecular weight excluding hydrogens is 233 g/mol. The molecule has 0 unspecified atom stereocenters. The van der Waals surface area contributed by atoms with Crippen LogP contribution in [-0.2, 0) is 6.42 Å². The van der Waals surface area contributed by atoms with E-state index in [1.807, 2.05) is 13.0 Å². The van der Waals surface area contributed by atoms with Crippen LogP contribution in [0.5, 0.6) is 0 Å². The summed E-state index contributed by atoms with van der Waals surface area (Å²) in [5.74, 6) is 0.712. The summed E-state index contributed by atoms with van der Waals surface area (Å²) in [4.78, 5) is 4.23. The van der Waals surface area contributed by atoms with Gasteiger partial charge in [-0.25, -0.2) is 4.39 Å². The quantitative estimate of drug-likeness (QED) is 0.884. The van der Waals surface area contributed by atoms with Crippen LogP contribution < -0.4 is 5.73 Å². The molecular formula is C13H16FN3O. The van der Waals surface area contributed by atoms with Crippen LogP contribution in [0.2, 0.25) is 0 Å². The van der Waals surface area contributed by atoms with E-state index >= 15 is 0 Å². The Morgan fingerprint density at radius 1 is 1.44 bits per heavy atom. The lowest BCUT2D eigenvalue weighted by Crippen LogP contribution is -2.10. The zero-order valence-corrected chi connectivity index (χ0v) is 10.3. The maximum atomic E-state index is 13.0. The van der Waals surface area contributed by atoms with Gasteiger partial charge in [-0.05, 0) is 24.1 Å². The van der Waals surface area contributed by atoms with E-state index in [1.165, 1.54) is 12.1 Å². The molecule has 0 fully saturated rings. The molecule has 0 radical (unpaired) electrons. The zero-order chi connectivity index (χ0) is 13.0. The van der Waals surface area contributed by atoms with Gasteiger partial charge in [0.2, 0.25) is 5.89 Å². The standard InChI is InChI=1S/C13H16FN3O/c1-2-4-11(15)13-16-12(17-18-13)8-9-5-3-6-10(14)7-9/h3,5-7,11H,2,4,8,15H2,1H3/t11-/m1/s1. The molecule has 4 nitrogen and oxygen atoms in total. The van der Waals surface area contributed by atoms with E-state index in [0.29, 0.717) is 18.1 Å². The van der Waals surface area contributed by atoms with Crippen LogP contribution in [0.3, 0.4) is 0 Å². The predicted octanol–water partition coefficient (Wildman–Crippen LogP) is 2.60. The summed E-state index contributed by atoms with van der Waals surface area (Å²) < 4.78 is 18.1. The van der Waals surface area contributed by atoms with Crippen LogP contribution in [0.25, 0.3) is 0 Å². The Kier molecular flexibility index (Phi) is 4.04. The molecule has 18 heavy (non-hydrogen) atoms. The number of rotatable bonds is 5. The highest BCUT2D eigenvalue weighted by Crippen LogP contribution is 2.15. The molecule has 0 aliphatic heterocycles. The Balaban J connectivity index is 2.06. The van der Waals surface area contributed by atoms with E-state index in [9.17, 15) is 4.39 Å². The molecule has 5 heteroatoms. The molecule has 0 spiro atoms. The molecule has 0 bridgehead atoms. The first-order valence-electron chi connectivity index (χ1n) is 6.01. The Bertz CT molecular complexity index is 512. The van der Waals surface area contributed by atoms with Crippen molar-refractivity contribution in [2.45, 2.75) is 32.2 Å². The van der Waals surface area contributed by atoms with Gasteiger partial charge in [0.15, 0.2) is 5.82 Å². The van der Waals surface area contributed by atoms with E-state index in [0.717, 1.165) is 18.4 Å². The fourth-order valence-corrected chi connectivity index (χ4v) is 1.75. The van der Waals surface area contributed by atoms with Gasteiger partial charge in [0.05, 0.1) is 6.04 Å². The topological polar surface area (TPSA) is 64.9 Å². The highest BCUT2D eigenvalue weighted by Gasteiger charge is 2.14. The van der Waals surface area contributed by atoms with Crippen molar-refractivity contribution in [1.82, 2.24) is 10.1 Å². The molecule has 0 saturated carbocycles. The molecule has 2 aromatic rings. The Hall–Kier alpha value is -1.75. The van der Waals surface area contributed by atoms with Crippen LogP contribution in [0.1, 0.15) is 43.1 Å². The average Bonchev–Trinajstić information content (AvgIpc) is 2.78. The smallest absolute Gasteiger partial charge is 0.243 e. The number of halogens is 1. The summed E-state index contributed by atoms with van der Waals surface area (Å²) in [7, 11) is 0. The first-order valence-corrected chi connectivity index (χ1v) is 6.01. The molecule has 1 atom stereocenters. The van der Waals surface area contributed by atoms with E-state index in [2.05, 4.69) is 10.1 Å². The van der Waals surface area contributed by atoms with Crippen molar-refractivity contribution >= 4 is 0 Å². The molecule has 2 N–H and O–H groups in total. The average molecular weight is 249 g/mol. The van der Waals surface area contributed by atoms with Gasteiger partial charge in [-0.1, -0.05) is 30.6 Å². The minimum atomic E-state index is -0.265. The normalized spacial score (nSPS) is 12.6. The van der Waals surface area contributed by atoms with Gasteiger partial charge in [-0.2, -0.15) is 4.98 Å². The van der Waals surface area contributed by atoms with Crippen LogP contribution in [-0.4, -0.2) is 10.1 Å². The highest BCUT2D eigenvalue weighted by atomic mass is 19.1. The van der Waals surface area contributed by atoms with E-state index in [4.69, 9.17) is 10.3 Å². The van der Waals surface area contributed by atoms with Crippen LogP contribution in [0, 0.1) is 5.82 Å². The minimum Gasteiger partial charge on any atom is -0.338 e. The van der Waals surface area contributed by atoms with Crippen molar-refractivity contribution in [3.8, 4) is 0 Å². The second kappa shape index (κ2) is 5.73. The highest BCUT2D eigenvalue weighted by molar-refractivity contribution is 5.19. The van der Waals surface area contributed by atoms with Crippen molar-refractivity contribution < 1.29 is 8.91 Å². The van der Waals surface area contributed by atoms with Gasteiger partial charge in [0.1, 0.15) is 5.82 Å². The Morgan fingerprint density at radius 2 is 2.28 bits per heavy atom. The van der Waals surface area contributed by atoms with Crippen LogP contribution in [0.15, 0.2) is 28.8 Å². The Labute approximate surface area is 105 Å². The molecule has 1 aromatic heterocycles. The Morgan fingerprint density at radius 3 is 3.00 bits per heavy atom. The monoisotopic (exact) mass is 249 g/mol. The van der Waals surface area contributed by atoms with Gasteiger partial charge in [-0.3, -0.25) is 0 Å². The predicted molar refractivity (Wildman–Crippen MR) is 65.3 cm³/mol. The second-order valence-electron chi connectivity index (χ2n) is 4.25. The number of benzene rings is 1. The van der Waals surface area contributed by atoms with Gasteiger partial charge in [0.25, 0.3) is 0 Å². The zero-order valence-electron chi connectivity index (χ0n) is 10.3. The number of hydrogen-bond donors (Lipinski definition) is 1. The summed E-state index contributed by atoms with van der Waals surface area (Å²) in [5.41, 5.74) is 6.69. The van der Waals surface area contributed by atoms with Gasteiger partial charge < -0.3 is 10.3 Å². The third-order valence-corrected chi connectivity index (χ3v) is 2.65. The van der Waals surface area contributed by atoms with Gasteiger partial charge in [0, 0.05) is 6.42 Å². The molecule has 0 amide bonds. The number of nitrogens with two attached hydrogens (primary N) is 1. The van der Waals surface area contributed by atoms with E-state index < -0.39 is 0 Å². The van der Waals surface area contributed by atoms with Gasteiger partial charge >= 0.3 is 0 Å². The summed E-state index contributed by atoms with van der Waals surface area (Å²) in [5, 5.41) is 3.86. The molecule has 1 heterocycles. The van der Waals surface area contributed by atoms with Crippen molar-refractivity contribution in [1.29, 1.82) is 0 Å². The fourth-order valence-electron chi connectivity index (χ4n) is 1.75. The van der Waals surface area contributed by atoms with E-state index in [1.54, 1.807) is 6.07 Å². The summed E-state index contributed by atoms with van der Waals surface area (Å²) in [6.07, 6.45) is 2.21. The van der Waals surface area contributed by atoms with Crippen molar-refractivity contribution in [2.24, 2.45) is 5.73 Å². The molecule has 1 aromatic carbocycles. The summed E-state index contributed by atoms with van der Waals surface area (Å²) in [6.45, 7) is 2.05. The van der Waals surface area contributed by atoms with E-state index in [-0.39, 0.29) is 11.9 Å². The second-order valence-corrected chi connectivity index (χ2v) is 4.25. The van der Waals surface area contributed by atoms with Crippen molar-refractivity contribution in [3.63, 3.8) is 0 Å². The van der Waals surface area contributed by atoms with Crippen molar-refractivity contribution in [2.75, 3.05) is 0 Å². The molecule has 0 aliphatic rings. The number of hydrogen-bond acceptors (Lipinski definition) is 4. The molecule has 0 saturated heterocycles. The maximum absolute atomic E-state index is 13.0. The SMILES string of the molecule is CCC[C@@H](N)c1nc(Cc2cccc(F)c2)no1. The largest absolute Gasteiger partial charge is 0.338 e. The first-order chi connectivity index (χ1) is 8.69. The van der Waals surface area contributed by atoms with Crippen LogP contribution >= 0.6 is 0 Å². The lowest BCUT2D eigenvalue weighted by Gasteiger charge is -2.02. The van der Waals surface area contributed by atoms with Gasteiger partial charge in [-0.15, -0.1) is 0 Å². The van der Waals surface area contributed by atoms with Crippen molar-refractivity contribution in [3.05, 3.63) is 47.4 Å².